The molecule has 6 heteroatoms. The summed E-state index contributed by atoms with van der Waals surface area (Å²) in [6.45, 7) is 1.46. The summed E-state index contributed by atoms with van der Waals surface area (Å²) < 4.78 is 14.2. The summed E-state index contributed by atoms with van der Waals surface area (Å²) in [5, 5.41) is 1.36. The molecule has 0 N–H and O–H groups in total. The van der Waals surface area contributed by atoms with E-state index in [4.69, 9.17) is 34.8 Å². The first-order chi connectivity index (χ1) is 11.1. The van der Waals surface area contributed by atoms with Crippen molar-refractivity contribution in [3.63, 3.8) is 0 Å². The molecular weight excluding hydrogens is 358 g/mol. The van der Waals surface area contributed by atoms with Gasteiger partial charge in [0.15, 0.2) is 0 Å². The molecular formula is C17H14Cl3FN2. The first kappa shape index (κ1) is 16.6. The molecule has 1 heterocycles. The van der Waals surface area contributed by atoms with Gasteiger partial charge in [-0.15, -0.1) is 0 Å². The van der Waals surface area contributed by atoms with Gasteiger partial charge in [-0.2, -0.15) is 0 Å². The van der Waals surface area contributed by atoms with Crippen LogP contribution in [0.2, 0.25) is 15.1 Å². The molecule has 2 aromatic rings. The molecule has 0 aliphatic carbocycles. The molecule has 0 radical (unpaired) electrons. The molecule has 0 amide bonds. The molecule has 1 unspecified atom stereocenters. The maximum absolute atomic E-state index is 14.2. The first-order valence-corrected chi connectivity index (χ1v) is 8.34. The van der Waals surface area contributed by atoms with Crippen LogP contribution >= 0.6 is 34.8 Å². The summed E-state index contributed by atoms with van der Waals surface area (Å²) in [6.07, 6.45) is 2.16. The maximum Gasteiger partial charge on any atom is 0.127 e. The highest BCUT2D eigenvalue weighted by Crippen LogP contribution is 2.36. The third-order valence-electron chi connectivity index (χ3n) is 3.92. The molecule has 1 atom stereocenters. The highest BCUT2D eigenvalue weighted by Gasteiger charge is 2.25. The molecule has 0 fully saturated rings. The Labute approximate surface area is 149 Å². The van der Waals surface area contributed by atoms with Gasteiger partial charge in [-0.3, -0.25) is 4.99 Å². The molecule has 0 saturated carbocycles. The van der Waals surface area contributed by atoms with Gasteiger partial charge in [0.2, 0.25) is 0 Å². The average Bonchev–Trinajstić information content (AvgIpc) is 3.05. The zero-order valence-electron chi connectivity index (χ0n) is 12.1. The van der Waals surface area contributed by atoms with E-state index in [-0.39, 0.29) is 11.9 Å². The lowest BCUT2D eigenvalue weighted by molar-refractivity contribution is 0.345. The van der Waals surface area contributed by atoms with E-state index in [0.29, 0.717) is 33.6 Å². The molecule has 0 aromatic heterocycles. The minimum Gasteiger partial charge on any atom is -0.354 e. The summed E-state index contributed by atoms with van der Waals surface area (Å²) in [7, 11) is 0. The van der Waals surface area contributed by atoms with E-state index in [9.17, 15) is 4.39 Å². The first-order valence-electron chi connectivity index (χ1n) is 7.20. The number of rotatable bonds is 4. The lowest BCUT2D eigenvalue weighted by atomic mass is 9.97. The lowest BCUT2D eigenvalue weighted by Gasteiger charge is -2.29. The largest absolute Gasteiger partial charge is 0.354 e. The van der Waals surface area contributed by atoms with Crippen LogP contribution in [0.25, 0.3) is 0 Å². The molecule has 1 aliphatic heterocycles. The van der Waals surface area contributed by atoms with Crippen molar-refractivity contribution < 1.29 is 4.39 Å². The van der Waals surface area contributed by atoms with Crippen molar-refractivity contribution in [2.45, 2.75) is 12.5 Å². The topological polar surface area (TPSA) is 15.6 Å². The Hall–Kier alpha value is -1.29. The van der Waals surface area contributed by atoms with E-state index in [1.54, 1.807) is 24.5 Å². The van der Waals surface area contributed by atoms with E-state index in [2.05, 4.69) is 4.99 Å². The zero-order valence-corrected chi connectivity index (χ0v) is 14.4. The van der Waals surface area contributed by atoms with Gasteiger partial charge < -0.3 is 4.90 Å². The number of hydrogen-bond acceptors (Lipinski definition) is 2. The molecule has 0 saturated heterocycles. The van der Waals surface area contributed by atoms with Crippen LogP contribution in [0, 0.1) is 5.82 Å². The van der Waals surface area contributed by atoms with Gasteiger partial charge in [-0.25, -0.2) is 4.39 Å². The van der Waals surface area contributed by atoms with E-state index < -0.39 is 0 Å². The number of hydrogen-bond donors (Lipinski definition) is 0. The summed E-state index contributed by atoms with van der Waals surface area (Å²) >= 11 is 18.7. The van der Waals surface area contributed by atoms with E-state index >= 15 is 0 Å². The second-order valence-electron chi connectivity index (χ2n) is 5.32. The van der Waals surface area contributed by atoms with Crippen LogP contribution in [0.3, 0.4) is 0 Å². The molecule has 2 nitrogen and oxygen atoms in total. The quantitative estimate of drug-likeness (QED) is 0.701. The SMILES string of the molecule is Fc1cccc(Cl)c1CC(c1cccc(Cl)c1Cl)N1C=NCC1. The third kappa shape index (κ3) is 3.47. The van der Waals surface area contributed by atoms with Gasteiger partial charge >= 0.3 is 0 Å². The Morgan fingerprint density at radius 1 is 1.09 bits per heavy atom. The van der Waals surface area contributed by atoms with E-state index in [1.165, 1.54) is 6.07 Å². The Bertz CT molecular complexity index is 728. The van der Waals surface area contributed by atoms with E-state index in [1.807, 2.05) is 17.0 Å². The number of halogens is 4. The van der Waals surface area contributed by atoms with Gasteiger partial charge in [0.1, 0.15) is 5.82 Å². The predicted octanol–water partition coefficient (Wildman–Crippen LogP) is 5.41. The van der Waals surface area contributed by atoms with Crippen molar-refractivity contribution in [3.05, 3.63) is 68.4 Å². The Morgan fingerprint density at radius 3 is 2.52 bits per heavy atom. The summed E-state index contributed by atoms with van der Waals surface area (Å²) in [6, 6.07) is 10.00. The normalized spacial score (nSPS) is 15.2. The van der Waals surface area contributed by atoms with Crippen molar-refractivity contribution in [3.8, 4) is 0 Å². The van der Waals surface area contributed by atoms with Gasteiger partial charge in [-0.1, -0.05) is 53.0 Å². The molecule has 0 spiro atoms. The smallest absolute Gasteiger partial charge is 0.127 e. The lowest BCUT2D eigenvalue weighted by Crippen LogP contribution is -2.28. The maximum atomic E-state index is 14.2. The van der Waals surface area contributed by atoms with Gasteiger partial charge in [-0.05, 0) is 23.8 Å². The van der Waals surface area contributed by atoms with Crippen molar-refractivity contribution in [1.29, 1.82) is 0 Å². The minimum absolute atomic E-state index is 0.179. The fraction of sp³-hybridized carbons (Fsp3) is 0.235. The fourth-order valence-corrected chi connectivity index (χ4v) is 3.41. The van der Waals surface area contributed by atoms with Gasteiger partial charge in [0.25, 0.3) is 0 Å². The van der Waals surface area contributed by atoms with Gasteiger partial charge in [0, 0.05) is 23.6 Å². The second-order valence-corrected chi connectivity index (χ2v) is 6.52. The van der Waals surface area contributed by atoms with E-state index in [0.717, 1.165) is 12.1 Å². The Morgan fingerprint density at radius 2 is 1.83 bits per heavy atom. The molecule has 3 rings (SSSR count). The van der Waals surface area contributed by atoms with Crippen molar-refractivity contribution in [2.75, 3.05) is 13.1 Å². The fourth-order valence-electron chi connectivity index (χ4n) is 2.73. The highest BCUT2D eigenvalue weighted by atomic mass is 35.5. The molecule has 120 valence electrons. The van der Waals surface area contributed by atoms with Crippen LogP contribution in [0.1, 0.15) is 17.2 Å². The predicted molar refractivity (Wildman–Crippen MR) is 94.4 cm³/mol. The van der Waals surface area contributed by atoms with Crippen molar-refractivity contribution in [1.82, 2.24) is 4.90 Å². The summed E-state index contributed by atoms with van der Waals surface area (Å²) in [5.41, 5.74) is 1.31. The highest BCUT2D eigenvalue weighted by molar-refractivity contribution is 6.42. The zero-order chi connectivity index (χ0) is 16.4. The molecule has 1 aliphatic rings. The molecule has 2 aromatic carbocycles. The molecule has 0 bridgehead atoms. The van der Waals surface area contributed by atoms with Crippen molar-refractivity contribution >= 4 is 41.1 Å². The number of benzene rings is 2. The summed E-state index contributed by atoms with van der Waals surface area (Å²) in [5.74, 6) is -0.322. The monoisotopic (exact) mass is 370 g/mol. The molecule has 23 heavy (non-hydrogen) atoms. The standard InChI is InChI=1S/C17H14Cl3FN2/c18-13-4-2-6-15(21)12(13)9-16(23-8-7-22-10-23)11-3-1-5-14(19)17(11)20/h1-6,10,16H,7-9H2. The van der Waals surface area contributed by atoms with Gasteiger partial charge in [0.05, 0.1) is 29.0 Å². The van der Waals surface area contributed by atoms with Crippen molar-refractivity contribution in [2.24, 2.45) is 4.99 Å². The average molecular weight is 372 g/mol. The van der Waals surface area contributed by atoms with Crippen LogP contribution in [-0.2, 0) is 6.42 Å². The third-order valence-corrected chi connectivity index (χ3v) is 5.10. The summed E-state index contributed by atoms with van der Waals surface area (Å²) in [4.78, 5) is 6.29. The van der Waals surface area contributed by atoms with Crippen LogP contribution in [0.5, 0.6) is 0 Å². The Kier molecular flexibility index (Phi) is 5.10. The second kappa shape index (κ2) is 7.08. The van der Waals surface area contributed by atoms with Crippen LogP contribution in [0.15, 0.2) is 41.4 Å². The van der Waals surface area contributed by atoms with Crippen LogP contribution in [-0.4, -0.2) is 24.3 Å². The number of nitrogens with zero attached hydrogens (tertiary/aromatic N) is 2. The van der Waals surface area contributed by atoms with Crippen LogP contribution in [0.4, 0.5) is 4.39 Å². The number of aliphatic imine (C=N–C) groups is 1. The minimum atomic E-state index is -0.322. The Balaban J connectivity index is 2.03. The van der Waals surface area contributed by atoms with Crippen LogP contribution < -0.4 is 0 Å².